The van der Waals surface area contributed by atoms with E-state index in [0.717, 1.165) is 11.1 Å². The average molecular weight is 385 g/mol. The van der Waals surface area contributed by atoms with Gasteiger partial charge in [0.1, 0.15) is 19.0 Å². The summed E-state index contributed by atoms with van der Waals surface area (Å²) in [5.74, 6) is 0.518. The van der Waals surface area contributed by atoms with Gasteiger partial charge in [-0.3, -0.25) is 0 Å². The molecule has 5 nitrogen and oxygen atoms in total. The van der Waals surface area contributed by atoms with Crippen LogP contribution in [0.3, 0.4) is 0 Å². The van der Waals surface area contributed by atoms with Gasteiger partial charge in [0.05, 0.1) is 19.3 Å². The molecule has 0 heterocycles. The number of allylic oxidation sites excluding steroid dienone is 1. The fraction of sp³-hybridized carbons (Fsp3) is 0.318. The zero-order chi connectivity index (χ0) is 20.5. The maximum absolute atomic E-state index is 13.5. The number of hydrogen-bond donors (Lipinski definition) is 2. The Morgan fingerprint density at radius 2 is 1.75 bits per heavy atom. The molecule has 0 aliphatic heterocycles. The number of ether oxygens (including phenoxy) is 2. The minimum Gasteiger partial charge on any atom is -0.487 e. The Kier molecular flexibility index (Phi) is 8.00. The number of nitrogens with zero attached hydrogens (tertiary/aromatic N) is 1. The van der Waals surface area contributed by atoms with Crippen molar-refractivity contribution >= 4 is 6.08 Å². The normalized spacial score (nSPS) is 11.0. The fourth-order valence-corrected chi connectivity index (χ4v) is 2.91. The molecule has 0 spiro atoms. The molecule has 0 aliphatic rings. The molecule has 0 saturated heterocycles. The van der Waals surface area contributed by atoms with Gasteiger partial charge < -0.3 is 19.7 Å². The van der Waals surface area contributed by atoms with Crippen LogP contribution in [0, 0.1) is 17.1 Å². The highest BCUT2D eigenvalue weighted by Gasteiger charge is 2.22. The molecule has 2 N–H and O–H groups in total. The van der Waals surface area contributed by atoms with Crippen LogP contribution in [0.2, 0.25) is 0 Å². The number of rotatable bonds is 9. The number of nitriles is 1. The highest BCUT2D eigenvalue weighted by molar-refractivity contribution is 5.85. The number of halogens is 1. The second kappa shape index (κ2) is 10.5. The fourth-order valence-electron chi connectivity index (χ4n) is 2.91. The average Bonchev–Trinajstić information content (AvgIpc) is 2.69. The standard InChI is InChI=1S/C22H24FNO4/c1-15(2)19-14-20(27-12-10-25)22(28-13-11-26)21(18(19)4-3-9-24)16-5-7-17(23)8-6-16/h3-8,14-15,25-26H,10-13H2,1-2H3/b4-3+. The van der Waals surface area contributed by atoms with E-state index < -0.39 is 0 Å². The van der Waals surface area contributed by atoms with E-state index in [1.54, 1.807) is 18.2 Å². The molecule has 28 heavy (non-hydrogen) atoms. The molecule has 0 aliphatic carbocycles. The van der Waals surface area contributed by atoms with Gasteiger partial charge in [0.25, 0.3) is 0 Å². The highest BCUT2D eigenvalue weighted by Crippen LogP contribution is 2.45. The van der Waals surface area contributed by atoms with Crippen LogP contribution in [0.4, 0.5) is 4.39 Å². The predicted molar refractivity (Wildman–Crippen MR) is 106 cm³/mol. The Hall–Kier alpha value is -2.88. The molecule has 0 amide bonds. The van der Waals surface area contributed by atoms with E-state index >= 15 is 0 Å². The van der Waals surface area contributed by atoms with Gasteiger partial charge in [0.15, 0.2) is 11.5 Å². The first kappa shape index (κ1) is 21.4. The van der Waals surface area contributed by atoms with Crippen molar-refractivity contribution < 1.29 is 24.1 Å². The van der Waals surface area contributed by atoms with E-state index in [2.05, 4.69) is 0 Å². The summed E-state index contributed by atoms with van der Waals surface area (Å²) in [4.78, 5) is 0. The summed E-state index contributed by atoms with van der Waals surface area (Å²) >= 11 is 0. The van der Waals surface area contributed by atoms with Crippen LogP contribution < -0.4 is 9.47 Å². The lowest BCUT2D eigenvalue weighted by Crippen LogP contribution is -2.10. The molecular formula is C22H24FNO4. The summed E-state index contributed by atoms with van der Waals surface area (Å²) < 4.78 is 25.0. The van der Waals surface area contributed by atoms with Gasteiger partial charge in [0.2, 0.25) is 0 Å². The molecule has 0 aromatic heterocycles. The van der Waals surface area contributed by atoms with Gasteiger partial charge in [-0.1, -0.05) is 26.0 Å². The number of aliphatic hydroxyl groups is 2. The third-order valence-electron chi connectivity index (χ3n) is 4.08. The van der Waals surface area contributed by atoms with Crippen LogP contribution in [0.15, 0.2) is 36.4 Å². The summed E-state index contributed by atoms with van der Waals surface area (Å²) in [6.45, 7) is 3.76. The molecular weight excluding hydrogens is 361 g/mol. The Morgan fingerprint density at radius 1 is 1.11 bits per heavy atom. The Labute approximate surface area is 164 Å². The quantitative estimate of drug-likeness (QED) is 0.640. The van der Waals surface area contributed by atoms with E-state index in [9.17, 15) is 9.50 Å². The molecule has 0 unspecified atom stereocenters. The van der Waals surface area contributed by atoms with Gasteiger partial charge in [-0.2, -0.15) is 5.26 Å². The number of benzene rings is 2. The molecule has 148 valence electrons. The molecule has 0 radical (unpaired) electrons. The van der Waals surface area contributed by atoms with Crippen molar-refractivity contribution in [2.24, 2.45) is 0 Å². The van der Waals surface area contributed by atoms with Crippen molar-refractivity contribution in [1.29, 1.82) is 5.26 Å². The summed E-state index contributed by atoms with van der Waals surface area (Å²) in [6.07, 6.45) is 3.06. The van der Waals surface area contributed by atoms with E-state index in [-0.39, 0.29) is 38.2 Å². The number of hydrogen-bond acceptors (Lipinski definition) is 5. The molecule has 0 fully saturated rings. The zero-order valence-electron chi connectivity index (χ0n) is 16.0. The summed E-state index contributed by atoms with van der Waals surface area (Å²) in [5.41, 5.74) is 2.99. The van der Waals surface area contributed by atoms with Crippen molar-refractivity contribution in [2.45, 2.75) is 19.8 Å². The molecule has 0 bridgehead atoms. The number of aliphatic hydroxyl groups excluding tert-OH is 2. The highest BCUT2D eigenvalue weighted by atomic mass is 19.1. The third kappa shape index (κ3) is 5.10. The van der Waals surface area contributed by atoms with Crippen molar-refractivity contribution in [2.75, 3.05) is 26.4 Å². The first-order chi connectivity index (χ1) is 13.5. The van der Waals surface area contributed by atoms with Crippen LogP contribution in [0.25, 0.3) is 17.2 Å². The van der Waals surface area contributed by atoms with Crippen LogP contribution in [0.1, 0.15) is 30.9 Å². The van der Waals surface area contributed by atoms with E-state index in [0.29, 0.717) is 22.6 Å². The summed E-state index contributed by atoms with van der Waals surface area (Å²) in [5, 5.41) is 27.4. The SMILES string of the molecule is CC(C)c1cc(OCCO)c(OCCO)c(-c2ccc(F)cc2)c1/C=C/C#N. The smallest absolute Gasteiger partial charge is 0.169 e. The van der Waals surface area contributed by atoms with Gasteiger partial charge in [-0.05, 0) is 46.9 Å². The summed E-state index contributed by atoms with van der Waals surface area (Å²) in [7, 11) is 0. The van der Waals surface area contributed by atoms with E-state index in [4.69, 9.17) is 19.8 Å². The Bertz CT molecular complexity index is 854. The van der Waals surface area contributed by atoms with Crippen molar-refractivity contribution in [1.82, 2.24) is 0 Å². The maximum Gasteiger partial charge on any atom is 0.169 e. The van der Waals surface area contributed by atoms with Crippen molar-refractivity contribution in [3.05, 3.63) is 53.4 Å². The monoisotopic (exact) mass is 385 g/mol. The molecule has 0 saturated carbocycles. The Balaban J connectivity index is 2.85. The Morgan fingerprint density at radius 3 is 2.32 bits per heavy atom. The first-order valence-corrected chi connectivity index (χ1v) is 9.03. The topological polar surface area (TPSA) is 82.7 Å². The predicted octanol–water partition coefficient (Wildman–Crippen LogP) is 3.90. The second-order valence-electron chi connectivity index (χ2n) is 6.35. The van der Waals surface area contributed by atoms with Crippen LogP contribution in [-0.4, -0.2) is 36.6 Å². The van der Waals surface area contributed by atoms with Gasteiger partial charge in [0, 0.05) is 11.6 Å². The van der Waals surface area contributed by atoms with E-state index in [1.807, 2.05) is 26.0 Å². The lowest BCUT2D eigenvalue weighted by atomic mass is 9.88. The van der Waals surface area contributed by atoms with Crippen molar-refractivity contribution in [3.8, 4) is 28.7 Å². The van der Waals surface area contributed by atoms with Crippen molar-refractivity contribution in [3.63, 3.8) is 0 Å². The van der Waals surface area contributed by atoms with Gasteiger partial charge in [-0.15, -0.1) is 0 Å². The lowest BCUT2D eigenvalue weighted by molar-refractivity contribution is 0.178. The van der Waals surface area contributed by atoms with E-state index in [1.165, 1.54) is 18.2 Å². The third-order valence-corrected chi connectivity index (χ3v) is 4.08. The minimum atomic E-state index is -0.368. The van der Waals surface area contributed by atoms with Crippen LogP contribution in [0.5, 0.6) is 11.5 Å². The molecule has 2 aromatic carbocycles. The van der Waals surface area contributed by atoms with Gasteiger partial charge in [-0.25, -0.2) is 4.39 Å². The molecule has 6 heteroatoms. The molecule has 2 rings (SSSR count). The van der Waals surface area contributed by atoms with Gasteiger partial charge >= 0.3 is 0 Å². The first-order valence-electron chi connectivity index (χ1n) is 9.03. The lowest BCUT2D eigenvalue weighted by Gasteiger charge is -2.23. The maximum atomic E-state index is 13.5. The second-order valence-corrected chi connectivity index (χ2v) is 6.35. The van der Waals surface area contributed by atoms with Crippen LogP contribution >= 0.6 is 0 Å². The largest absolute Gasteiger partial charge is 0.487 e. The zero-order valence-corrected chi connectivity index (χ0v) is 16.0. The van der Waals surface area contributed by atoms with Crippen LogP contribution in [-0.2, 0) is 0 Å². The minimum absolute atomic E-state index is 0.0338. The molecule has 2 aromatic rings. The summed E-state index contributed by atoms with van der Waals surface area (Å²) in [6, 6.07) is 9.76. The molecule has 0 atom stereocenters.